The summed E-state index contributed by atoms with van der Waals surface area (Å²) in [5.74, 6) is 0.0831. The number of benzene rings is 4. The molecule has 0 N–H and O–H groups in total. The van der Waals surface area contributed by atoms with Crippen molar-refractivity contribution in [3.8, 4) is 0 Å². The van der Waals surface area contributed by atoms with Gasteiger partial charge in [-0.25, -0.2) is 4.39 Å². The van der Waals surface area contributed by atoms with Crippen LogP contribution in [0.3, 0.4) is 0 Å². The number of rotatable bonds is 1. The van der Waals surface area contributed by atoms with E-state index >= 15 is 0 Å². The van der Waals surface area contributed by atoms with E-state index in [0.717, 1.165) is 24.8 Å². The molecule has 1 aliphatic carbocycles. The van der Waals surface area contributed by atoms with Crippen LogP contribution < -0.4 is 0 Å². The molecule has 122 valence electrons. The summed E-state index contributed by atoms with van der Waals surface area (Å²) in [5, 5.41) is 5.22. The third-order valence-electron chi connectivity index (χ3n) is 5.65. The molecule has 0 amide bonds. The molecule has 0 bridgehead atoms. The Kier molecular flexibility index (Phi) is 3.34. The monoisotopic (exact) mass is 326 g/mol. The molecule has 0 spiro atoms. The van der Waals surface area contributed by atoms with Crippen LogP contribution in [0.1, 0.15) is 35.4 Å². The highest BCUT2D eigenvalue weighted by Crippen LogP contribution is 2.41. The third-order valence-corrected chi connectivity index (χ3v) is 5.65. The van der Waals surface area contributed by atoms with Crippen LogP contribution in [0.5, 0.6) is 0 Å². The zero-order valence-electron chi connectivity index (χ0n) is 14.0. The minimum Gasteiger partial charge on any atom is -0.207 e. The van der Waals surface area contributed by atoms with Crippen LogP contribution in [0.4, 0.5) is 4.39 Å². The molecule has 1 atom stereocenters. The van der Waals surface area contributed by atoms with E-state index in [1.807, 2.05) is 12.1 Å². The van der Waals surface area contributed by atoms with E-state index in [9.17, 15) is 4.39 Å². The lowest BCUT2D eigenvalue weighted by atomic mass is 9.77. The van der Waals surface area contributed by atoms with Crippen molar-refractivity contribution in [2.45, 2.75) is 25.2 Å². The number of halogens is 1. The molecule has 0 saturated heterocycles. The van der Waals surface area contributed by atoms with E-state index in [1.165, 1.54) is 32.7 Å². The predicted molar refractivity (Wildman–Crippen MR) is 103 cm³/mol. The summed E-state index contributed by atoms with van der Waals surface area (Å²) in [4.78, 5) is 0. The summed E-state index contributed by atoms with van der Waals surface area (Å²) >= 11 is 0. The molecular formula is C24H19F. The Bertz CT molecular complexity index is 1090. The van der Waals surface area contributed by atoms with Crippen molar-refractivity contribution in [2.24, 2.45) is 0 Å². The summed E-state index contributed by atoms with van der Waals surface area (Å²) in [5.41, 5.74) is 3.55. The van der Waals surface area contributed by atoms with Crippen LogP contribution in [0.25, 0.3) is 21.5 Å². The van der Waals surface area contributed by atoms with Crippen molar-refractivity contribution in [1.82, 2.24) is 0 Å². The largest absolute Gasteiger partial charge is 0.207 e. The van der Waals surface area contributed by atoms with E-state index < -0.39 is 0 Å². The van der Waals surface area contributed by atoms with Crippen molar-refractivity contribution in [3.05, 3.63) is 95.3 Å². The minimum absolute atomic E-state index is 0.0843. The fourth-order valence-electron chi connectivity index (χ4n) is 4.49. The molecule has 0 aliphatic heterocycles. The van der Waals surface area contributed by atoms with Gasteiger partial charge in [0.25, 0.3) is 0 Å². The molecule has 0 radical (unpaired) electrons. The summed E-state index contributed by atoms with van der Waals surface area (Å²) < 4.78 is 14.4. The van der Waals surface area contributed by atoms with Gasteiger partial charge in [-0.1, -0.05) is 66.7 Å². The second-order valence-electron chi connectivity index (χ2n) is 6.98. The zero-order valence-corrected chi connectivity index (χ0v) is 14.0. The molecule has 1 aliphatic rings. The molecule has 0 nitrogen and oxygen atoms in total. The van der Waals surface area contributed by atoms with E-state index in [-0.39, 0.29) is 11.7 Å². The van der Waals surface area contributed by atoms with Crippen molar-refractivity contribution in [2.75, 3.05) is 0 Å². The van der Waals surface area contributed by atoms with Gasteiger partial charge in [0.2, 0.25) is 0 Å². The maximum Gasteiger partial charge on any atom is 0.127 e. The quantitative estimate of drug-likeness (QED) is 0.346. The Morgan fingerprint density at radius 1 is 0.680 bits per heavy atom. The molecular weight excluding hydrogens is 307 g/mol. The standard InChI is InChI=1S/C24H19F/c25-24-11-4-3-8-23(24)19-10-5-9-18-21-13-12-16-6-1-2-7-17(16)20(21)14-15-22(18)19/h1-4,6-8,11-15,19H,5,9-10H2. The van der Waals surface area contributed by atoms with E-state index in [0.29, 0.717) is 0 Å². The minimum atomic E-state index is -0.0843. The number of hydrogen-bond donors (Lipinski definition) is 0. The predicted octanol–water partition coefficient (Wildman–Crippen LogP) is 6.60. The highest BCUT2D eigenvalue weighted by molar-refractivity contribution is 6.08. The zero-order chi connectivity index (χ0) is 16.8. The molecule has 5 rings (SSSR count). The Balaban J connectivity index is 1.77. The Labute approximate surface area is 146 Å². The Morgan fingerprint density at radius 2 is 1.48 bits per heavy atom. The van der Waals surface area contributed by atoms with Crippen LogP contribution in [0, 0.1) is 5.82 Å². The highest BCUT2D eigenvalue weighted by Gasteiger charge is 2.25. The fraction of sp³-hybridized carbons (Fsp3) is 0.167. The van der Waals surface area contributed by atoms with Gasteiger partial charge in [-0.2, -0.15) is 0 Å². The molecule has 1 unspecified atom stereocenters. The smallest absolute Gasteiger partial charge is 0.127 e. The fourth-order valence-corrected chi connectivity index (χ4v) is 4.49. The molecule has 0 fully saturated rings. The molecule has 4 aromatic carbocycles. The summed E-state index contributed by atoms with van der Waals surface area (Å²) in [6.07, 6.45) is 3.21. The average molecular weight is 326 g/mol. The van der Waals surface area contributed by atoms with Crippen molar-refractivity contribution in [1.29, 1.82) is 0 Å². The van der Waals surface area contributed by atoms with Crippen molar-refractivity contribution in [3.63, 3.8) is 0 Å². The lowest BCUT2D eigenvalue weighted by Crippen LogP contribution is -2.12. The lowest BCUT2D eigenvalue weighted by molar-refractivity contribution is 0.560. The first-order chi connectivity index (χ1) is 12.3. The summed E-state index contributed by atoms with van der Waals surface area (Å²) in [6, 6.07) is 24.7. The Hall–Kier alpha value is -2.67. The van der Waals surface area contributed by atoms with Gasteiger partial charge >= 0.3 is 0 Å². The first-order valence-corrected chi connectivity index (χ1v) is 9.00. The number of aryl methyl sites for hydroxylation is 1. The van der Waals surface area contributed by atoms with Gasteiger partial charge in [0.15, 0.2) is 0 Å². The number of hydrogen-bond acceptors (Lipinski definition) is 0. The molecule has 0 aromatic heterocycles. The molecule has 4 aromatic rings. The summed E-state index contributed by atoms with van der Waals surface area (Å²) in [7, 11) is 0. The van der Waals surface area contributed by atoms with E-state index in [1.54, 1.807) is 12.1 Å². The van der Waals surface area contributed by atoms with Crippen LogP contribution in [0.2, 0.25) is 0 Å². The van der Waals surface area contributed by atoms with Gasteiger partial charge in [0, 0.05) is 5.92 Å². The van der Waals surface area contributed by atoms with Gasteiger partial charge in [0.05, 0.1) is 0 Å². The molecule has 25 heavy (non-hydrogen) atoms. The molecule has 1 heteroatoms. The van der Waals surface area contributed by atoms with Crippen molar-refractivity contribution >= 4 is 21.5 Å². The average Bonchev–Trinajstić information content (AvgIpc) is 2.67. The van der Waals surface area contributed by atoms with E-state index in [4.69, 9.17) is 0 Å². The first kappa shape index (κ1) is 14.7. The molecule has 0 saturated carbocycles. The van der Waals surface area contributed by atoms with Crippen LogP contribution in [-0.2, 0) is 6.42 Å². The maximum absolute atomic E-state index is 14.4. The van der Waals surface area contributed by atoms with Crippen molar-refractivity contribution < 1.29 is 4.39 Å². The van der Waals surface area contributed by atoms with Gasteiger partial charge in [-0.15, -0.1) is 0 Å². The van der Waals surface area contributed by atoms with Gasteiger partial charge in [-0.3, -0.25) is 0 Å². The third kappa shape index (κ3) is 2.26. The van der Waals surface area contributed by atoms with Gasteiger partial charge in [0.1, 0.15) is 5.82 Å². The topological polar surface area (TPSA) is 0 Å². The van der Waals surface area contributed by atoms with E-state index in [2.05, 4.69) is 48.5 Å². The maximum atomic E-state index is 14.4. The Morgan fingerprint density at radius 3 is 2.40 bits per heavy atom. The highest BCUT2D eigenvalue weighted by atomic mass is 19.1. The van der Waals surface area contributed by atoms with Crippen LogP contribution in [-0.4, -0.2) is 0 Å². The lowest BCUT2D eigenvalue weighted by Gasteiger charge is -2.27. The normalized spacial score (nSPS) is 16.9. The molecule has 0 heterocycles. The van der Waals surface area contributed by atoms with Gasteiger partial charge in [-0.05, 0) is 63.6 Å². The number of fused-ring (bicyclic) bond motifs is 5. The second-order valence-corrected chi connectivity index (χ2v) is 6.98. The van der Waals surface area contributed by atoms with Gasteiger partial charge < -0.3 is 0 Å². The summed E-state index contributed by atoms with van der Waals surface area (Å²) in [6.45, 7) is 0. The van der Waals surface area contributed by atoms with Crippen LogP contribution in [0.15, 0.2) is 72.8 Å². The van der Waals surface area contributed by atoms with Crippen LogP contribution >= 0.6 is 0 Å². The SMILES string of the molecule is Fc1ccccc1C1CCCc2c1ccc1c2ccc2ccccc21. The first-order valence-electron chi connectivity index (χ1n) is 9.00. The second kappa shape index (κ2) is 5.70.